The van der Waals surface area contributed by atoms with Crippen LogP contribution in [-0.4, -0.2) is 99.7 Å². The van der Waals surface area contributed by atoms with Gasteiger partial charge in [0.05, 0.1) is 25.9 Å². The Morgan fingerprint density at radius 2 is 1.71 bits per heavy atom. The lowest BCUT2D eigenvalue weighted by molar-refractivity contribution is 0.0182. The first-order chi connectivity index (χ1) is 18.0. The van der Waals surface area contributed by atoms with Crippen LogP contribution in [0, 0.1) is 6.92 Å². The molecule has 38 heavy (non-hydrogen) atoms. The van der Waals surface area contributed by atoms with E-state index in [1.54, 1.807) is 11.0 Å². The van der Waals surface area contributed by atoms with Crippen LogP contribution in [0.3, 0.4) is 0 Å². The Bertz CT molecular complexity index is 933. The van der Waals surface area contributed by atoms with Crippen molar-refractivity contribution in [3.63, 3.8) is 0 Å². The number of carbonyl (C=O) groups is 2. The number of morpholine rings is 1. The zero-order valence-corrected chi connectivity index (χ0v) is 24.4. The molecule has 1 saturated heterocycles. The maximum Gasteiger partial charge on any atom is 0.410 e. The van der Waals surface area contributed by atoms with Crippen LogP contribution < -0.4 is 9.64 Å². The lowest BCUT2D eigenvalue weighted by atomic mass is 9.88. The highest BCUT2D eigenvalue weighted by Gasteiger charge is 2.32. The Morgan fingerprint density at radius 1 is 1.08 bits per heavy atom. The molecule has 0 spiro atoms. The Morgan fingerprint density at radius 3 is 2.29 bits per heavy atom. The van der Waals surface area contributed by atoms with E-state index in [0.29, 0.717) is 24.0 Å². The van der Waals surface area contributed by atoms with E-state index in [4.69, 9.17) is 18.9 Å². The molecule has 1 aliphatic heterocycles. The number of amides is 1. The van der Waals surface area contributed by atoms with Crippen LogP contribution >= 0.6 is 0 Å². The minimum Gasteiger partial charge on any atom is -0.492 e. The van der Waals surface area contributed by atoms with E-state index in [1.807, 2.05) is 34.7 Å². The summed E-state index contributed by atoms with van der Waals surface area (Å²) in [5, 5.41) is 0. The van der Waals surface area contributed by atoms with Crippen molar-refractivity contribution in [2.24, 2.45) is 0 Å². The fourth-order valence-corrected chi connectivity index (χ4v) is 5.36. The second kappa shape index (κ2) is 13.5. The predicted octanol–water partition coefficient (Wildman–Crippen LogP) is 4.50. The molecule has 0 bridgehead atoms. The van der Waals surface area contributed by atoms with Crippen LogP contribution in [0.5, 0.6) is 5.75 Å². The lowest BCUT2D eigenvalue weighted by Crippen LogP contribution is -2.46. The molecule has 9 heteroatoms. The van der Waals surface area contributed by atoms with Gasteiger partial charge >= 0.3 is 12.1 Å². The van der Waals surface area contributed by atoms with Gasteiger partial charge in [0.25, 0.3) is 0 Å². The molecule has 1 amide bonds. The third kappa shape index (κ3) is 7.99. The summed E-state index contributed by atoms with van der Waals surface area (Å²) in [6.07, 6.45) is 3.42. The highest BCUT2D eigenvalue weighted by atomic mass is 16.6. The van der Waals surface area contributed by atoms with Crippen LogP contribution in [0.25, 0.3) is 0 Å². The molecule has 0 N–H and O–H groups in total. The van der Waals surface area contributed by atoms with Gasteiger partial charge < -0.3 is 28.7 Å². The molecule has 2 aliphatic rings. The second-order valence-electron chi connectivity index (χ2n) is 11.2. The van der Waals surface area contributed by atoms with Gasteiger partial charge in [-0.1, -0.05) is 0 Å². The van der Waals surface area contributed by atoms with E-state index in [2.05, 4.69) is 22.8 Å². The van der Waals surface area contributed by atoms with Gasteiger partial charge in [-0.05, 0) is 71.9 Å². The number of anilines is 1. The summed E-state index contributed by atoms with van der Waals surface area (Å²) in [6.45, 7) is 15.3. The Hall–Kier alpha value is -2.52. The summed E-state index contributed by atoms with van der Waals surface area (Å²) in [5.74, 6) is 0.317. The molecule has 1 aromatic carbocycles. The molecule has 214 valence electrons. The van der Waals surface area contributed by atoms with Gasteiger partial charge in [0.15, 0.2) is 0 Å². The van der Waals surface area contributed by atoms with E-state index in [9.17, 15) is 9.59 Å². The number of benzene rings is 1. The van der Waals surface area contributed by atoms with Gasteiger partial charge in [0, 0.05) is 57.1 Å². The monoisotopic (exact) mass is 533 g/mol. The Kier molecular flexibility index (Phi) is 10.7. The van der Waals surface area contributed by atoms with E-state index in [1.165, 1.54) is 7.11 Å². The van der Waals surface area contributed by atoms with Gasteiger partial charge in [-0.15, -0.1) is 0 Å². The van der Waals surface area contributed by atoms with Crippen molar-refractivity contribution < 1.29 is 28.5 Å². The highest BCUT2D eigenvalue weighted by molar-refractivity contribution is 5.93. The molecular weight excluding hydrogens is 486 g/mol. The first-order valence-corrected chi connectivity index (χ1v) is 13.9. The van der Waals surface area contributed by atoms with E-state index in [-0.39, 0.29) is 18.1 Å². The normalized spacial score (nSPS) is 20.5. The van der Waals surface area contributed by atoms with Crippen molar-refractivity contribution >= 4 is 17.7 Å². The molecule has 1 heterocycles. The summed E-state index contributed by atoms with van der Waals surface area (Å²) < 4.78 is 22.3. The first-order valence-electron chi connectivity index (χ1n) is 13.9. The van der Waals surface area contributed by atoms with Gasteiger partial charge in [-0.25, -0.2) is 9.59 Å². The average Bonchev–Trinajstić information content (AvgIpc) is 2.89. The number of esters is 1. The number of nitrogens with zero attached hydrogens (tertiary/aromatic N) is 3. The third-order valence-corrected chi connectivity index (χ3v) is 7.53. The number of rotatable bonds is 9. The van der Waals surface area contributed by atoms with Gasteiger partial charge in [0.2, 0.25) is 0 Å². The fourth-order valence-electron chi connectivity index (χ4n) is 5.36. The maximum atomic E-state index is 12.7. The van der Waals surface area contributed by atoms with Crippen molar-refractivity contribution in [1.82, 2.24) is 9.80 Å². The van der Waals surface area contributed by atoms with Crippen LogP contribution in [0.4, 0.5) is 10.5 Å². The average molecular weight is 534 g/mol. The zero-order chi connectivity index (χ0) is 27.9. The number of hydrogen-bond donors (Lipinski definition) is 0. The molecule has 3 rings (SSSR count). The van der Waals surface area contributed by atoms with Crippen LogP contribution in [0.1, 0.15) is 69.3 Å². The van der Waals surface area contributed by atoms with Crippen molar-refractivity contribution in [2.75, 3.05) is 65.1 Å². The van der Waals surface area contributed by atoms with Gasteiger partial charge in [-0.2, -0.15) is 0 Å². The summed E-state index contributed by atoms with van der Waals surface area (Å²) in [4.78, 5) is 31.7. The zero-order valence-electron chi connectivity index (χ0n) is 24.4. The van der Waals surface area contributed by atoms with Crippen LogP contribution in [0.15, 0.2) is 12.1 Å². The fraction of sp³-hybridized carbons (Fsp3) is 0.724. The van der Waals surface area contributed by atoms with E-state index >= 15 is 0 Å². The van der Waals surface area contributed by atoms with Gasteiger partial charge in [-0.3, -0.25) is 4.90 Å². The van der Waals surface area contributed by atoms with Crippen LogP contribution in [0.2, 0.25) is 0 Å². The minimum atomic E-state index is -0.508. The summed E-state index contributed by atoms with van der Waals surface area (Å²) >= 11 is 0. The summed E-state index contributed by atoms with van der Waals surface area (Å²) in [7, 11) is 3.24. The molecule has 9 nitrogen and oxygen atoms in total. The molecule has 1 aliphatic carbocycles. The number of carbonyl (C=O) groups excluding carboxylic acids is 2. The molecule has 1 saturated carbocycles. The Labute approximate surface area is 228 Å². The maximum absolute atomic E-state index is 12.7. The first kappa shape index (κ1) is 30.0. The molecule has 0 unspecified atom stereocenters. The SMILES string of the molecule is CCN(c1cc(OCCN2CCOCC2)cc(C(=O)OC)c1C)[C@H]1CC[C@H](N(C)C(=O)OC(C)(C)C)CC1. The highest BCUT2D eigenvalue weighted by Crippen LogP contribution is 2.35. The smallest absolute Gasteiger partial charge is 0.410 e. The number of methoxy groups -OCH3 is 1. The van der Waals surface area contributed by atoms with Crippen molar-refractivity contribution in [1.29, 1.82) is 0 Å². The number of ether oxygens (including phenoxy) is 4. The van der Waals surface area contributed by atoms with Crippen LogP contribution in [-0.2, 0) is 14.2 Å². The molecule has 0 radical (unpaired) electrons. The minimum absolute atomic E-state index is 0.154. The quantitative estimate of drug-likeness (QED) is 0.430. The second-order valence-corrected chi connectivity index (χ2v) is 11.2. The van der Waals surface area contributed by atoms with Gasteiger partial charge in [0.1, 0.15) is 18.0 Å². The van der Waals surface area contributed by atoms with Crippen molar-refractivity contribution in [3.05, 3.63) is 23.3 Å². The largest absolute Gasteiger partial charge is 0.492 e. The Balaban J connectivity index is 1.72. The molecule has 1 aromatic rings. The third-order valence-electron chi connectivity index (χ3n) is 7.53. The standard InChI is InChI=1S/C29H47N3O6/c1-8-32(23-11-9-22(10-12-23)30(6)28(34)38-29(3,4)5)26-20-24(19-25(21(26)2)27(33)35-7)37-18-15-31-13-16-36-17-14-31/h19-20,22-23H,8-18H2,1-7H3/t22-,23-. The number of hydrogen-bond acceptors (Lipinski definition) is 8. The summed E-state index contributed by atoms with van der Waals surface area (Å²) in [5.41, 5.74) is 1.92. The molecule has 0 atom stereocenters. The molecule has 2 fully saturated rings. The molecular formula is C29H47N3O6. The molecule has 0 aromatic heterocycles. The predicted molar refractivity (Wildman–Crippen MR) is 148 cm³/mol. The van der Waals surface area contributed by atoms with Crippen molar-refractivity contribution in [2.45, 2.75) is 78.0 Å². The van der Waals surface area contributed by atoms with E-state index in [0.717, 1.165) is 76.3 Å². The van der Waals surface area contributed by atoms with E-state index < -0.39 is 5.60 Å². The lowest BCUT2D eigenvalue weighted by Gasteiger charge is -2.41. The topological polar surface area (TPSA) is 80.8 Å². The van der Waals surface area contributed by atoms with Crippen molar-refractivity contribution in [3.8, 4) is 5.75 Å². The summed E-state index contributed by atoms with van der Waals surface area (Å²) in [6, 6.07) is 4.31.